The monoisotopic (exact) mass is 339 g/mol. The summed E-state index contributed by atoms with van der Waals surface area (Å²) < 4.78 is 34.1. The average molecular weight is 339 g/mol. The molecule has 0 aromatic rings. The van der Waals surface area contributed by atoms with Crippen molar-refractivity contribution in [2.45, 2.75) is 55.0 Å². The van der Waals surface area contributed by atoms with Gasteiger partial charge >= 0.3 is 11.2 Å². The third-order valence-electron chi connectivity index (χ3n) is 5.01. The molecule has 2 atom stereocenters. The van der Waals surface area contributed by atoms with Crippen molar-refractivity contribution in [1.82, 2.24) is 0 Å². The lowest BCUT2D eigenvalue weighted by Crippen LogP contribution is -2.64. The van der Waals surface area contributed by atoms with Crippen LogP contribution in [0.15, 0.2) is 0 Å². The Morgan fingerprint density at radius 3 is 2.32 bits per heavy atom. The highest BCUT2D eigenvalue weighted by molar-refractivity contribution is 7.96. The number of carbonyl (C=O) groups excluding carboxylic acids is 1. The molecule has 4 aliphatic carbocycles. The summed E-state index contributed by atoms with van der Waals surface area (Å²) >= 11 is -0.805. The van der Waals surface area contributed by atoms with Crippen LogP contribution in [0.25, 0.3) is 0 Å². The quantitative estimate of drug-likeness (QED) is 0.326. The zero-order valence-electron chi connectivity index (χ0n) is 11.7. The van der Waals surface area contributed by atoms with E-state index >= 15 is 0 Å². The Hall–Kier alpha value is -0.480. The largest absolute Gasteiger partial charge is 0.710 e. The molecule has 0 heterocycles. The third kappa shape index (κ3) is 2.84. The summed E-state index contributed by atoms with van der Waals surface area (Å²) in [7, 11) is 0. The number of ether oxygens (including phenoxy) is 1. The molecule has 0 aromatic heterocycles. The Kier molecular flexibility index (Phi) is 3.73. The van der Waals surface area contributed by atoms with Gasteiger partial charge < -0.3 is 24.5 Å². The van der Waals surface area contributed by atoms with Gasteiger partial charge in [0.05, 0.1) is 29.9 Å². The number of esters is 1. The molecule has 22 heavy (non-hydrogen) atoms. The number of carbonyl (C=O) groups is 1. The minimum absolute atomic E-state index is 0.102. The third-order valence-corrected chi connectivity index (χ3v) is 5.45. The smallest absolute Gasteiger partial charge is 0.412 e. The molecule has 2 N–H and O–H groups in total. The standard InChI is InChI=1S/C13H18F2O6S/c14-13(15,22-21-19)9(16)20-7-10-1-8-2-11(17,4-10)6-12(18,3-8)5-10/h8,17-19H,1-7H2/p-1. The van der Waals surface area contributed by atoms with E-state index in [0.717, 1.165) is 0 Å². The van der Waals surface area contributed by atoms with E-state index in [1.54, 1.807) is 0 Å². The number of halogens is 2. The number of rotatable bonds is 5. The van der Waals surface area contributed by atoms with Gasteiger partial charge in [-0.05, 0) is 38.0 Å². The van der Waals surface area contributed by atoms with Gasteiger partial charge in [0.25, 0.3) is 0 Å². The summed E-state index contributed by atoms with van der Waals surface area (Å²) in [5.74, 6) is -1.74. The van der Waals surface area contributed by atoms with Crippen molar-refractivity contribution in [3.63, 3.8) is 0 Å². The molecular formula is C13H17F2O6S-. The van der Waals surface area contributed by atoms with Crippen molar-refractivity contribution >= 4 is 18.0 Å². The molecule has 0 aromatic carbocycles. The van der Waals surface area contributed by atoms with Gasteiger partial charge in [0, 0.05) is 11.8 Å². The number of hydrogen-bond acceptors (Lipinski definition) is 7. The summed E-state index contributed by atoms with van der Waals surface area (Å²) in [6.07, 6.45) is 2.72. The molecule has 4 rings (SSSR count). The van der Waals surface area contributed by atoms with Crippen LogP contribution >= 0.6 is 12.0 Å². The molecule has 0 radical (unpaired) electrons. The van der Waals surface area contributed by atoms with Gasteiger partial charge in [-0.25, -0.2) is 4.79 Å². The second-order valence-electron chi connectivity index (χ2n) is 7.20. The normalized spacial score (nSPS) is 43.4. The summed E-state index contributed by atoms with van der Waals surface area (Å²) in [5.41, 5.74) is -2.72. The van der Waals surface area contributed by atoms with Gasteiger partial charge in [0.15, 0.2) is 0 Å². The lowest BCUT2D eigenvalue weighted by Gasteiger charge is -2.62. The molecule has 4 bridgehead atoms. The maximum atomic E-state index is 13.2. The molecule has 4 fully saturated rings. The molecule has 0 aliphatic heterocycles. The molecule has 4 aliphatic rings. The molecule has 0 saturated heterocycles. The molecule has 0 amide bonds. The van der Waals surface area contributed by atoms with Crippen LogP contribution in [0.2, 0.25) is 0 Å². The molecule has 0 spiro atoms. The molecule has 9 heteroatoms. The fourth-order valence-electron chi connectivity index (χ4n) is 5.07. The Morgan fingerprint density at radius 1 is 1.23 bits per heavy atom. The SMILES string of the molecule is O=C(OCC12CC3CC(O)(CC(O)(C3)C1)C2)C(F)(F)SO[O-]. The van der Waals surface area contributed by atoms with Gasteiger partial charge in [-0.1, -0.05) is 0 Å². The highest BCUT2D eigenvalue weighted by atomic mass is 32.2. The summed E-state index contributed by atoms with van der Waals surface area (Å²) in [5, 5.41) is 26.8. The van der Waals surface area contributed by atoms with Crippen LogP contribution in [0.3, 0.4) is 0 Å². The van der Waals surface area contributed by atoms with Gasteiger partial charge in [0.1, 0.15) is 0 Å². The first-order valence-corrected chi connectivity index (χ1v) is 7.81. The van der Waals surface area contributed by atoms with E-state index in [0.29, 0.717) is 32.1 Å². The zero-order valence-corrected chi connectivity index (χ0v) is 12.5. The fraction of sp³-hybridized carbons (Fsp3) is 0.923. The highest BCUT2D eigenvalue weighted by Gasteiger charge is 2.63. The first-order valence-electron chi connectivity index (χ1n) is 7.07. The van der Waals surface area contributed by atoms with Crippen molar-refractivity contribution in [1.29, 1.82) is 0 Å². The van der Waals surface area contributed by atoms with Crippen molar-refractivity contribution in [3.8, 4) is 0 Å². The minimum Gasteiger partial charge on any atom is -0.710 e. The van der Waals surface area contributed by atoms with Gasteiger partial charge in [-0.15, -0.1) is 0 Å². The molecule has 4 saturated carbocycles. The van der Waals surface area contributed by atoms with E-state index in [-0.39, 0.29) is 18.9 Å². The topological polar surface area (TPSA) is 99.1 Å². The predicted molar refractivity (Wildman–Crippen MR) is 68.1 cm³/mol. The van der Waals surface area contributed by atoms with Crippen LogP contribution in [-0.4, -0.2) is 39.2 Å². The van der Waals surface area contributed by atoms with E-state index in [9.17, 15) is 29.0 Å². The van der Waals surface area contributed by atoms with Crippen molar-refractivity contribution < 1.29 is 38.1 Å². The Bertz CT molecular complexity index is 469. The van der Waals surface area contributed by atoms with Crippen LogP contribution in [0.4, 0.5) is 8.78 Å². The van der Waals surface area contributed by atoms with Crippen LogP contribution in [-0.2, 0) is 13.9 Å². The van der Waals surface area contributed by atoms with Crippen LogP contribution in [0.1, 0.15) is 38.5 Å². The van der Waals surface area contributed by atoms with Crippen molar-refractivity contribution in [2.24, 2.45) is 11.3 Å². The minimum atomic E-state index is -4.07. The number of hydrogen-bond donors (Lipinski definition) is 2. The molecule has 126 valence electrons. The van der Waals surface area contributed by atoms with Crippen molar-refractivity contribution in [3.05, 3.63) is 0 Å². The Labute approximate surface area is 129 Å². The lowest BCUT2D eigenvalue weighted by atomic mass is 9.46. The first-order chi connectivity index (χ1) is 10.1. The summed E-state index contributed by atoms with van der Waals surface area (Å²) in [6.45, 7) is -0.304. The Morgan fingerprint density at radius 2 is 1.82 bits per heavy atom. The molecular weight excluding hydrogens is 322 g/mol. The molecule has 2 unspecified atom stereocenters. The maximum absolute atomic E-state index is 13.2. The second kappa shape index (κ2) is 5.01. The lowest BCUT2D eigenvalue weighted by molar-refractivity contribution is -0.630. The number of alkyl halides is 2. The van der Waals surface area contributed by atoms with Crippen LogP contribution in [0, 0.1) is 11.3 Å². The van der Waals surface area contributed by atoms with Gasteiger partial charge in [-0.2, -0.15) is 8.78 Å². The van der Waals surface area contributed by atoms with E-state index in [4.69, 9.17) is 0 Å². The average Bonchev–Trinajstić information content (AvgIpc) is 2.31. The predicted octanol–water partition coefficient (Wildman–Crippen LogP) is 0.509. The van der Waals surface area contributed by atoms with E-state index < -0.39 is 39.9 Å². The maximum Gasteiger partial charge on any atom is 0.412 e. The van der Waals surface area contributed by atoms with E-state index in [1.165, 1.54) is 0 Å². The second-order valence-corrected chi connectivity index (χ2v) is 8.02. The van der Waals surface area contributed by atoms with E-state index in [2.05, 4.69) is 9.07 Å². The van der Waals surface area contributed by atoms with Crippen LogP contribution < -0.4 is 5.26 Å². The fourth-order valence-corrected chi connectivity index (χ4v) is 5.29. The zero-order chi connectivity index (χ0) is 16.2. The summed E-state index contributed by atoms with van der Waals surface area (Å²) in [4.78, 5) is 11.4. The van der Waals surface area contributed by atoms with Crippen molar-refractivity contribution in [2.75, 3.05) is 6.61 Å². The van der Waals surface area contributed by atoms with E-state index in [1.807, 2.05) is 0 Å². The van der Waals surface area contributed by atoms with Gasteiger partial charge in [-0.3, -0.25) is 0 Å². The Balaban J connectivity index is 1.69. The van der Waals surface area contributed by atoms with Gasteiger partial charge in [0.2, 0.25) is 0 Å². The highest BCUT2D eigenvalue weighted by Crippen LogP contribution is 2.63. The molecule has 6 nitrogen and oxygen atoms in total. The van der Waals surface area contributed by atoms with Crippen LogP contribution in [0.5, 0.6) is 0 Å². The summed E-state index contributed by atoms with van der Waals surface area (Å²) in [6, 6.07) is 0. The number of aliphatic hydroxyl groups is 2. The first kappa shape index (κ1) is 16.4.